The molecule has 6 nitrogen and oxygen atoms in total. The lowest BCUT2D eigenvalue weighted by atomic mass is 10.0. The maximum atomic E-state index is 12.4. The molecule has 0 spiro atoms. The van der Waals surface area contributed by atoms with Gasteiger partial charge >= 0.3 is 5.97 Å². The molecule has 0 heterocycles. The van der Waals surface area contributed by atoms with Gasteiger partial charge in [-0.05, 0) is 64.2 Å². The van der Waals surface area contributed by atoms with Gasteiger partial charge in [-0.15, -0.1) is 0 Å². The summed E-state index contributed by atoms with van der Waals surface area (Å²) in [5.41, 5.74) is 0. The number of hydrogen-bond donors (Lipinski definition) is 3. The Hall–Kier alpha value is -1.92. The van der Waals surface area contributed by atoms with Crippen molar-refractivity contribution in [1.29, 1.82) is 0 Å². The van der Waals surface area contributed by atoms with Gasteiger partial charge in [0.05, 0.1) is 25.4 Å². The molecule has 0 bridgehead atoms. The van der Waals surface area contributed by atoms with Gasteiger partial charge in [0.15, 0.2) is 0 Å². The van der Waals surface area contributed by atoms with Crippen LogP contribution in [0.15, 0.2) is 36.5 Å². The fourth-order valence-corrected chi connectivity index (χ4v) is 10.5. The summed E-state index contributed by atoms with van der Waals surface area (Å²) in [5, 5.41) is 23.0. The van der Waals surface area contributed by atoms with Crippen LogP contribution in [0.25, 0.3) is 0 Å². The second-order valence-electron chi connectivity index (χ2n) is 23.2. The van der Waals surface area contributed by atoms with Crippen molar-refractivity contribution >= 4 is 11.9 Å². The Balaban J connectivity index is 3.35. The van der Waals surface area contributed by atoms with Crippen LogP contribution >= 0.6 is 0 Å². The van der Waals surface area contributed by atoms with Gasteiger partial charge < -0.3 is 20.3 Å². The Morgan fingerprint density at radius 3 is 1.01 bits per heavy atom. The normalized spacial score (nSPS) is 12.7. The molecular weight excluding hydrogens is 923 g/mol. The molecular formula is C69H131NO5. The minimum absolute atomic E-state index is 0.0182. The van der Waals surface area contributed by atoms with Gasteiger partial charge in [-0.25, -0.2) is 0 Å². The van der Waals surface area contributed by atoms with E-state index >= 15 is 0 Å². The van der Waals surface area contributed by atoms with E-state index in [1.54, 1.807) is 6.08 Å². The second-order valence-corrected chi connectivity index (χ2v) is 23.2. The lowest BCUT2D eigenvalue weighted by molar-refractivity contribution is -0.143. The number of allylic oxidation sites excluding steroid dienone is 5. The van der Waals surface area contributed by atoms with Crippen molar-refractivity contribution in [3.8, 4) is 0 Å². The number of aliphatic hydroxyl groups excluding tert-OH is 2. The topological polar surface area (TPSA) is 95.9 Å². The number of carbonyl (C=O) groups is 2. The van der Waals surface area contributed by atoms with E-state index in [9.17, 15) is 19.8 Å². The second kappa shape index (κ2) is 64.6. The predicted molar refractivity (Wildman–Crippen MR) is 329 cm³/mol. The van der Waals surface area contributed by atoms with Gasteiger partial charge in [-0.3, -0.25) is 9.59 Å². The molecule has 3 N–H and O–H groups in total. The van der Waals surface area contributed by atoms with E-state index in [2.05, 4.69) is 43.5 Å². The Morgan fingerprint density at radius 2 is 0.667 bits per heavy atom. The van der Waals surface area contributed by atoms with Crippen molar-refractivity contribution in [2.75, 3.05) is 13.2 Å². The first-order valence-electron chi connectivity index (χ1n) is 33.8. The van der Waals surface area contributed by atoms with E-state index in [1.165, 1.54) is 295 Å². The van der Waals surface area contributed by atoms with E-state index in [4.69, 9.17) is 4.74 Å². The summed E-state index contributed by atoms with van der Waals surface area (Å²) in [7, 11) is 0. The van der Waals surface area contributed by atoms with Gasteiger partial charge in [0.1, 0.15) is 0 Å². The highest BCUT2D eigenvalue weighted by molar-refractivity contribution is 5.76. The summed E-state index contributed by atoms with van der Waals surface area (Å²) in [6, 6.07) is -0.624. The number of rotatable bonds is 63. The zero-order valence-electron chi connectivity index (χ0n) is 50.5. The highest BCUT2D eigenvalue weighted by atomic mass is 16.5. The molecule has 0 aromatic carbocycles. The minimum Gasteiger partial charge on any atom is -0.466 e. The Kier molecular flexibility index (Phi) is 63.0. The van der Waals surface area contributed by atoms with Crippen molar-refractivity contribution in [3.05, 3.63) is 36.5 Å². The zero-order valence-corrected chi connectivity index (χ0v) is 50.5. The van der Waals surface area contributed by atoms with Crippen LogP contribution in [0.1, 0.15) is 367 Å². The van der Waals surface area contributed by atoms with E-state index in [0.29, 0.717) is 19.4 Å². The molecule has 0 radical (unpaired) electrons. The minimum atomic E-state index is -0.841. The summed E-state index contributed by atoms with van der Waals surface area (Å²) in [6.07, 6.45) is 82.3. The standard InChI is InChI=1S/C69H131NO5/c1-3-5-7-9-11-13-15-39-43-47-51-55-59-63-69(74)75-64-60-56-52-48-44-41-38-36-34-32-30-28-26-24-22-20-18-16-17-19-21-23-25-27-29-31-33-35-37-40-42-46-50-54-58-62-68(73)70-66(65-71)67(72)61-57-53-49-45-14-12-10-8-6-4-2/h18,20,24,26,57,61,66-67,71-72H,3-17,19,21-23,25,27-56,58-60,62-65H2,1-2H3,(H,70,73)/b20-18-,26-24-,61-57+. The number of nitrogens with one attached hydrogen (secondary N) is 1. The predicted octanol–water partition coefficient (Wildman–Crippen LogP) is 21.5. The van der Waals surface area contributed by atoms with Crippen molar-refractivity contribution in [2.45, 2.75) is 379 Å². The lowest BCUT2D eigenvalue weighted by Crippen LogP contribution is -2.45. The third kappa shape index (κ3) is 61.2. The van der Waals surface area contributed by atoms with Crippen molar-refractivity contribution in [2.24, 2.45) is 0 Å². The van der Waals surface area contributed by atoms with Crippen molar-refractivity contribution < 1.29 is 24.5 Å². The van der Waals surface area contributed by atoms with E-state index < -0.39 is 12.1 Å². The Morgan fingerprint density at radius 1 is 0.373 bits per heavy atom. The molecule has 0 saturated carbocycles. The molecule has 0 aromatic heterocycles. The number of amides is 1. The summed E-state index contributed by atoms with van der Waals surface area (Å²) in [5.74, 6) is -0.0483. The van der Waals surface area contributed by atoms with Gasteiger partial charge in [0, 0.05) is 12.8 Å². The van der Waals surface area contributed by atoms with Crippen LogP contribution in [0.3, 0.4) is 0 Å². The molecule has 0 aliphatic heterocycles. The van der Waals surface area contributed by atoms with Crippen molar-refractivity contribution in [1.82, 2.24) is 5.32 Å². The molecule has 0 fully saturated rings. The number of esters is 1. The Labute approximate surface area is 468 Å². The molecule has 1 amide bonds. The first-order valence-corrected chi connectivity index (χ1v) is 33.8. The van der Waals surface area contributed by atoms with Crippen LogP contribution in [0.5, 0.6) is 0 Å². The largest absolute Gasteiger partial charge is 0.466 e. The molecule has 0 aliphatic rings. The van der Waals surface area contributed by atoms with E-state index in [1.807, 2.05) is 6.08 Å². The summed E-state index contributed by atoms with van der Waals surface area (Å²) < 4.78 is 5.48. The van der Waals surface area contributed by atoms with Gasteiger partial charge in [-0.1, -0.05) is 326 Å². The molecule has 75 heavy (non-hydrogen) atoms. The van der Waals surface area contributed by atoms with Gasteiger partial charge in [0.2, 0.25) is 5.91 Å². The molecule has 0 aliphatic carbocycles. The van der Waals surface area contributed by atoms with E-state index in [0.717, 1.165) is 44.9 Å². The fraction of sp³-hybridized carbons (Fsp3) is 0.884. The number of hydrogen-bond acceptors (Lipinski definition) is 5. The van der Waals surface area contributed by atoms with Gasteiger partial charge in [0.25, 0.3) is 0 Å². The van der Waals surface area contributed by atoms with Gasteiger partial charge in [-0.2, -0.15) is 0 Å². The molecule has 2 unspecified atom stereocenters. The first kappa shape index (κ1) is 73.1. The average molecular weight is 1050 g/mol. The van der Waals surface area contributed by atoms with Crippen LogP contribution in [0, 0.1) is 0 Å². The smallest absolute Gasteiger partial charge is 0.305 e. The maximum absolute atomic E-state index is 12.4. The molecule has 0 saturated heterocycles. The van der Waals surface area contributed by atoms with Crippen LogP contribution in [0.2, 0.25) is 0 Å². The number of ether oxygens (including phenoxy) is 1. The fourth-order valence-electron chi connectivity index (χ4n) is 10.5. The lowest BCUT2D eigenvalue weighted by Gasteiger charge is -2.20. The molecule has 0 aromatic rings. The third-order valence-corrected chi connectivity index (χ3v) is 15.7. The first-order chi connectivity index (χ1) is 37.0. The van der Waals surface area contributed by atoms with Crippen LogP contribution in [-0.2, 0) is 14.3 Å². The number of unbranched alkanes of at least 4 members (excludes halogenated alkanes) is 48. The Bertz CT molecular complexity index is 1210. The van der Waals surface area contributed by atoms with Crippen molar-refractivity contribution in [3.63, 3.8) is 0 Å². The monoisotopic (exact) mass is 1050 g/mol. The van der Waals surface area contributed by atoms with Crippen LogP contribution in [-0.4, -0.2) is 47.4 Å². The molecule has 2 atom stereocenters. The SMILES string of the molecule is CCCCCCCCCC/C=C/C(O)C(CO)NC(=O)CCCCCCCCCCCCCCCCCCC/C=C\C/C=C\CCCCCCCCCCCCCOC(=O)CCCCCCCCCCCCCCC. The number of aliphatic hydroxyl groups is 2. The summed E-state index contributed by atoms with van der Waals surface area (Å²) >= 11 is 0. The quantitative estimate of drug-likeness (QED) is 0.0320. The molecule has 0 rings (SSSR count). The average Bonchev–Trinajstić information content (AvgIpc) is 3.41. The van der Waals surface area contributed by atoms with Crippen LogP contribution < -0.4 is 5.32 Å². The van der Waals surface area contributed by atoms with E-state index in [-0.39, 0.29) is 18.5 Å². The molecule has 6 heteroatoms. The summed E-state index contributed by atoms with van der Waals surface area (Å²) in [4.78, 5) is 24.5. The van der Waals surface area contributed by atoms with Crippen LogP contribution in [0.4, 0.5) is 0 Å². The maximum Gasteiger partial charge on any atom is 0.305 e. The highest BCUT2D eigenvalue weighted by Crippen LogP contribution is 2.18. The summed E-state index contributed by atoms with van der Waals surface area (Å²) in [6.45, 7) is 4.90. The molecule has 442 valence electrons. The number of carbonyl (C=O) groups excluding carboxylic acids is 2. The third-order valence-electron chi connectivity index (χ3n) is 15.7. The zero-order chi connectivity index (χ0) is 54.3. The highest BCUT2D eigenvalue weighted by Gasteiger charge is 2.18.